The number of para-hydroxylation sites is 1. The molecule has 0 saturated heterocycles. The van der Waals surface area contributed by atoms with Crippen LogP contribution in [0.25, 0.3) is 11.1 Å². The summed E-state index contributed by atoms with van der Waals surface area (Å²) in [4.78, 5) is 18.3. The monoisotopic (exact) mass is 629 g/mol. The van der Waals surface area contributed by atoms with Crippen LogP contribution < -0.4 is 9.64 Å². The van der Waals surface area contributed by atoms with Crippen molar-refractivity contribution in [2.75, 3.05) is 4.90 Å². The zero-order valence-corrected chi connectivity index (χ0v) is 27.9. The van der Waals surface area contributed by atoms with Crippen molar-refractivity contribution in [3.8, 4) is 16.9 Å². The second-order valence-electron chi connectivity index (χ2n) is 14.0. The number of hydrogen-bond donors (Lipinski definition) is 0. The molecule has 0 amide bonds. The molecule has 2 aliphatic carbocycles. The van der Waals surface area contributed by atoms with Gasteiger partial charge in [-0.3, -0.25) is 4.79 Å². The largest absolute Gasteiger partial charge is 0.461 e. The molecule has 2 heterocycles. The maximum atomic E-state index is 13.6. The SMILES string of the molecule is CC1(C)C2=C(CCC=C2)Oc2cc3c(cc21)N(c1ccccc1)c1cc(-c2ccc4c(c2)C(C)(C)c2ccccc2C4=O)ccc1S3. The number of carbonyl (C=O) groups is 1. The van der Waals surface area contributed by atoms with Gasteiger partial charge in [-0.05, 0) is 71.1 Å². The highest BCUT2D eigenvalue weighted by Gasteiger charge is 2.39. The summed E-state index contributed by atoms with van der Waals surface area (Å²) in [6.45, 7) is 9.10. The van der Waals surface area contributed by atoms with E-state index in [1.165, 1.54) is 26.6 Å². The Morgan fingerprint density at radius 3 is 2.26 bits per heavy atom. The van der Waals surface area contributed by atoms with E-state index in [0.717, 1.165) is 69.1 Å². The summed E-state index contributed by atoms with van der Waals surface area (Å²) in [6, 6.07) is 36.5. The zero-order chi connectivity index (χ0) is 32.1. The first kappa shape index (κ1) is 28.4. The number of fused-ring (bicyclic) bond motifs is 5. The van der Waals surface area contributed by atoms with E-state index in [9.17, 15) is 4.79 Å². The number of anilines is 3. The Morgan fingerprint density at radius 2 is 1.40 bits per heavy atom. The molecule has 0 fully saturated rings. The van der Waals surface area contributed by atoms with Gasteiger partial charge in [0, 0.05) is 55.0 Å². The van der Waals surface area contributed by atoms with E-state index in [2.05, 4.69) is 124 Å². The third-order valence-electron chi connectivity index (χ3n) is 10.6. The van der Waals surface area contributed by atoms with Crippen LogP contribution in [-0.4, -0.2) is 5.78 Å². The average Bonchev–Trinajstić information content (AvgIpc) is 3.09. The highest BCUT2D eigenvalue weighted by Crippen LogP contribution is 2.57. The summed E-state index contributed by atoms with van der Waals surface area (Å²) in [7, 11) is 0. The molecule has 0 N–H and O–H groups in total. The molecule has 9 rings (SSSR count). The predicted molar refractivity (Wildman–Crippen MR) is 192 cm³/mol. The van der Waals surface area contributed by atoms with Gasteiger partial charge in [-0.2, -0.15) is 0 Å². The van der Waals surface area contributed by atoms with Crippen molar-refractivity contribution < 1.29 is 9.53 Å². The lowest BCUT2D eigenvalue weighted by molar-refractivity contribution is 0.103. The number of carbonyl (C=O) groups excluding carboxylic acids is 1. The second kappa shape index (κ2) is 10.1. The van der Waals surface area contributed by atoms with Crippen molar-refractivity contribution in [3.05, 3.63) is 154 Å². The third kappa shape index (κ3) is 4.17. The molecule has 230 valence electrons. The molecule has 5 aromatic rings. The van der Waals surface area contributed by atoms with Gasteiger partial charge in [0.25, 0.3) is 0 Å². The number of benzene rings is 5. The van der Waals surface area contributed by atoms with Crippen LogP contribution in [0.5, 0.6) is 5.75 Å². The number of allylic oxidation sites excluding steroid dienone is 4. The molecular weight excluding hydrogens is 595 g/mol. The van der Waals surface area contributed by atoms with Crippen molar-refractivity contribution in [1.82, 2.24) is 0 Å². The molecule has 0 radical (unpaired) electrons. The molecule has 3 nitrogen and oxygen atoms in total. The smallest absolute Gasteiger partial charge is 0.193 e. The van der Waals surface area contributed by atoms with E-state index in [1.807, 2.05) is 24.3 Å². The quantitative estimate of drug-likeness (QED) is 0.191. The highest BCUT2D eigenvalue weighted by molar-refractivity contribution is 7.99. The second-order valence-corrected chi connectivity index (χ2v) is 15.1. The first-order chi connectivity index (χ1) is 22.7. The van der Waals surface area contributed by atoms with Crippen LogP contribution in [0.15, 0.2) is 136 Å². The Bertz CT molecular complexity index is 2220. The Balaban J connectivity index is 1.19. The van der Waals surface area contributed by atoms with Crippen molar-refractivity contribution in [1.29, 1.82) is 0 Å². The first-order valence-corrected chi connectivity index (χ1v) is 17.3. The van der Waals surface area contributed by atoms with Crippen LogP contribution in [0.4, 0.5) is 17.1 Å². The number of ether oxygens (including phenoxy) is 1. The van der Waals surface area contributed by atoms with E-state index < -0.39 is 0 Å². The van der Waals surface area contributed by atoms with Gasteiger partial charge in [-0.1, -0.05) is 112 Å². The van der Waals surface area contributed by atoms with Crippen LogP contribution in [0, 0.1) is 0 Å². The summed E-state index contributed by atoms with van der Waals surface area (Å²) < 4.78 is 6.61. The molecule has 0 bridgehead atoms. The van der Waals surface area contributed by atoms with Gasteiger partial charge < -0.3 is 9.64 Å². The Morgan fingerprint density at radius 1 is 0.681 bits per heavy atom. The molecule has 4 heteroatoms. The Labute approximate surface area is 280 Å². The van der Waals surface area contributed by atoms with Crippen LogP contribution in [0.1, 0.15) is 73.1 Å². The van der Waals surface area contributed by atoms with Crippen molar-refractivity contribution >= 4 is 34.6 Å². The van der Waals surface area contributed by atoms with E-state index >= 15 is 0 Å². The van der Waals surface area contributed by atoms with Gasteiger partial charge in [0.2, 0.25) is 0 Å². The topological polar surface area (TPSA) is 29.5 Å². The minimum absolute atomic E-state index is 0.108. The molecule has 47 heavy (non-hydrogen) atoms. The Hall–Kier alpha value is -4.80. The maximum Gasteiger partial charge on any atom is 0.193 e. The molecule has 0 spiro atoms. The zero-order valence-electron chi connectivity index (χ0n) is 27.1. The van der Waals surface area contributed by atoms with Gasteiger partial charge in [0.05, 0.1) is 11.4 Å². The lowest BCUT2D eigenvalue weighted by atomic mass is 9.68. The fourth-order valence-corrected chi connectivity index (χ4v) is 9.03. The number of nitrogens with zero attached hydrogens (tertiary/aromatic N) is 1. The highest BCUT2D eigenvalue weighted by atomic mass is 32.2. The number of rotatable bonds is 2. The van der Waals surface area contributed by atoms with E-state index in [-0.39, 0.29) is 16.6 Å². The Kier molecular flexibility index (Phi) is 6.11. The summed E-state index contributed by atoms with van der Waals surface area (Å²) in [5.41, 5.74) is 11.5. The molecule has 0 aromatic heterocycles. The van der Waals surface area contributed by atoms with Crippen LogP contribution in [0.3, 0.4) is 0 Å². The summed E-state index contributed by atoms with van der Waals surface area (Å²) in [6.07, 6.45) is 6.50. The third-order valence-corrected chi connectivity index (χ3v) is 11.7. The van der Waals surface area contributed by atoms with E-state index in [4.69, 9.17) is 4.74 Å². The van der Waals surface area contributed by atoms with Crippen molar-refractivity contribution in [3.63, 3.8) is 0 Å². The maximum absolute atomic E-state index is 13.6. The molecule has 0 saturated carbocycles. The summed E-state index contributed by atoms with van der Waals surface area (Å²) in [5, 5.41) is 0. The summed E-state index contributed by atoms with van der Waals surface area (Å²) in [5.74, 6) is 2.18. The van der Waals surface area contributed by atoms with E-state index in [0.29, 0.717) is 0 Å². The fourth-order valence-electron chi connectivity index (χ4n) is 7.98. The van der Waals surface area contributed by atoms with E-state index in [1.54, 1.807) is 11.8 Å². The lowest BCUT2D eigenvalue weighted by Crippen LogP contribution is -2.30. The predicted octanol–water partition coefficient (Wildman–Crippen LogP) is 11.4. The van der Waals surface area contributed by atoms with Gasteiger partial charge in [0.15, 0.2) is 5.78 Å². The van der Waals surface area contributed by atoms with Gasteiger partial charge in [0.1, 0.15) is 11.5 Å². The molecule has 0 atom stereocenters. The van der Waals surface area contributed by atoms with Gasteiger partial charge in [-0.25, -0.2) is 0 Å². The first-order valence-electron chi connectivity index (χ1n) is 16.4. The fraction of sp³-hybridized carbons (Fsp3) is 0.186. The van der Waals surface area contributed by atoms with Crippen LogP contribution in [0.2, 0.25) is 0 Å². The molecular formula is C43H35NO2S. The molecule has 0 unspecified atom stereocenters. The normalized spacial score (nSPS) is 17.9. The molecule has 5 aromatic carbocycles. The lowest BCUT2D eigenvalue weighted by Gasteiger charge is -2.40. The summed E-state index contributed by atoms with van der Waals surface area (Å²) >= 11 is 1.81. The molecule has 4 aliphatic rings. The number of hydrogen-bond acceptors (Lipinski definition) is 4. The standard InChI is InChI=1S/C43H35NO2S/c1-42(2)31-15-9-8-14-29(31)41(45)30-20-18-26(22-33(30)42)27-19-21-39-35(23-27)44(28-12-6-5-7-13-28)36-24-34-38(25-40(36)47-39)46-37-17-11-10-16-32(37)43(34,3)4/h5-10,12-16,18-25H,11,17H2,1-4H3. The van der Waals surface area contributed by atoms with Crippen LogP contribution >= 0.6 is 11.8 Å². The molecule has 2 aliphatic heterocycles. The van der Waals surface area contributed by atoms with Crippen molar-refractivity contribution in [2.45, 2.75) is 61.2 Å². The number of ketones is 1. The van der Waals surface area contributed by atoms with Gasteiger partial charge in [-0.15, -0.1) is 0 Å². The average molecular weight is 630 g/mol. The van der Waals surface area contributed by atoms with Crippen molar-refractivity contribution in [2.24, 2.45) is 0 Å². The minimum Gasteiger partial charge on any atom is -0.461 e. The minimum atomic E-state index is -0.286. The van der Waals surface area contributed by atoms with Crippen LogP contribution in [-0.2, 0) is 10.8 Å². The van der Waals surface area contributed by atoms with Gasteiger partial charge >= 0.3 is 0 Å².